The first-order chi connectivity index (χ1) is 11.9. The summed E-state index contributed by atoms with van der Waals surface area (Å²) in [4.78, 5) is 12.3. The van der Waals surface area contributed by atoms with Crippen LogP contribution >= 0.6 is 15.9 Å². The third kappa shape index (κ3) is 5.60. The number of methoxy groups -OCH3 is 1. The predicted molar refractivity (Wildman–Crippen MR) is 108 cm³/mol. The van der Waals surface area contributed by atoms with Gasteiger partial charge in [-0.1, -0.05) is 41.9 Å². The Bertz CT molecular complexity index is 741. The maximum Gasteiger partial charge on any atom is 0.224 e. The Morgan fingerprint density at radius 2 is 1.96 bits per heavy atom. The number of nitrogens with one attached hydrogen (secondary N) is 1. The topological polar surface area (TPSA) is 38.3 Å². The number of amides is 1. The average molecular weight is 404 g/mol. The molecule has 0 spiro atoms. The number of benzene rings is 2. The van der Waals surface area contributed by atoms with Gasteiger partial charge in [-0.2, -0.15) is 0 Å². The molecular weight excluding hydrogens is 378 g/mol. The van der Waals surface area contributed by atoms with Crippen molar-refractivity contribution in [3.05, 3.63) is 57.6 Å². The number of carbonyl (C=O) groups excluding carboxylic acids is 1. The van der Waals surface area contributed by atoms with Crippen LogP contribution in [-0.2, 0) is 11.2 Å². The number of aryl methyl sites for hydroxylation is 2. The summed E-state index contributed by atoms with van der Waals surface area (Å²) in [5.74, 6) is 1.32. The maximum atomic E-state index is 12.3. The number of hydrogen-bond acceptors (Lipinski definition) is 2. The van der Waals surface area contributed by atoms with Gasteiger partial charge in [0.1, 0.15) is 5.75 Å². The first-order valence-corrected chi connectivity index (χ1v) is 9.43. The van der Waals surface area contributed by atoms with Crippen molar-refractivity contribution in [3.8, 4) is 5.75 Å². The number of ether oxygens (including phenoxy) is 1. The number of carbonyl (C=O) groups is 1. The van der Waals surface area contributed by atoms with Crippen molar-refractivity contribution < 1.29 is 9.53 Å². The lowest BCUT2D eigenvalue weighted by Gasteiger charge is -2.14. The van der Waals surface area contributed by atoms with Crippen LogP contribution in [0.25, 0.3) is 0 Å². The van der Waals surface area contributed by atoms with Crippen molar-refractivity contribution in [3.63, 3.8) is 0 Å². The fourth-order valence-corrected chi connectivity index (χ4v) is 3.27. The van der Waals surface area contributed by atoms with Gasteiger partial charge in [0.05, 0.1) is 7.11 Å². The van der Waals surface area contributed by atoms with Gasteiger partial charge in [-0.05, 0) is 66.6 Å². The molecule has 0 aliphatic carbocycles. The first kappa shape index (κ1) is 19.5. The zero-order valence-electron chi connectivity index (χ0n) is 15.4. The highest BCUT2D eigenvalue weighted by Gasteiger charge is 2.10. The van der Waals surface area contributed by atoms with E-state index in [-0.39, 0.29) is 5.91 Å². The fourth-order valence-electron chi connectivity index (χ4n) is 2.89. The van der Waals surface area contributed by atoms with E-state index in [1.54, 1.807) is 7.11 Å². The summed E-state index contributed by atoms with van der Waals surface area (Å²) in [5, 5.41) is 3.06. The van der Waals surface area contributed by atoms with Crippen LogP contribution in [0.1, 0.15) is 49.3 Å². The Morgan fingerprint density at radius 1 is 1.20 bits per heavy atom. The molecule has 0 saturated carbocycles. The molecular formula is C21H26BrNO2. The van der Waals surface area contributed by atoms with Crippen LogP contribution in [0, 0.1) is 6.92 Å². The average Bonchev–Trinajstić information content (AvgIpc) is 2.56. The number of anilines is 1. The van der Waals surface area contributed by atoms with Crippen LogP contribution in [0.3, 0.4) is 0 Å². The van der Waals surface area contributed by atoms with Crippen molar-refractivity contribution in [2.45, 2.75) is 46.0 Å². The van der Waals surface area contributed by atoms with Gasteiger partial charge in [-0.15, -0.1) is 0 Å². The number of hydrogen-bond donors (Lipinski definition) is 1. The Morgan fingerprint density at radius 3 is 2.60 bits per heavy atom. The van der Waals surface area contributed by atoms with Crippen LogP contribution in [0.2, 0.25) is 0 Å². The molecule has 0 saturated heterocycles. The summed E-state index contributed by atoms with van der Waals surface area (Å²) in [6.07, 6.45) is 2.22. The second-order valence-corrected chi connectivity index (χ2v) is 7.51. The van der Waals surface area contributed by atoms with Crippen LogP contribution in [0.5, 0.6) is 5.75 Å². The minimum atomic E-state index is 0.0643. The molecule has 25 heavy (non-hydrogen) atoms. The molecule has 0 bridgehead atoms. The third-order valence-electron chi connectivity index (χ3n) is 4.24. The van der Waals surface area contributed by atoms with Gasteiger partial charge in [-0.25, -0.2) is 0 Å². The van der Waals surface area contributed by atoms with Gasteiger partial charge in [0.25, 0.3) is 0 Å². The van der Waals surface area contributed by atoms with E-state index < -0.39 is 0 Å². The molecule has 0 fully saturated rings. The largest absolute Gasteiger partial charge is 0.496 e. The zero-order valence-corrected chi connectivity index (χ0v) is 16.9. The van der Waals surface area contributed by atoms with Crippen molar-refractivity contribution >= 4 is 27.5 Å². The van der Waals surface area contributed by atoms with Crippen LogP contribution in [0.4, 0.5) is 5.69 Å². The lowest BCUT2D eigenvalue weighted by Crippen LogP contribution is -2.13. The quantitative estimate of drug-likeness (QED) is 0.629. The van der Waals surface area contributed by atoms with E-state index in [4.69, 9.17) is 4.74 Å². The van der Waals surface area contributed by atoms with Crippen LogP contribution in [-0.4, -0.2) is 13.0 Å². The van der Waals surface area contributed by atoms with Crippen LogP contribution < -0.4 is 10.1 Å². The third-order valence-corrected chi connectivity index (χ3v) is 4.73. The number of halogens is 1. The molecule has 4 heteroatoms. The normalized spacial score (nSPS) is 10.8. The molecule has 0 unspecified atom stereocenters. The zero-order chi connectivity index (χ0) is 18.4. The SMILES string of the molecule is COc1ccc(CCCC(=O)Nc2ccc(Br)cc2C(C)C)cc1C. The standard InChI is InChI=1S/C21H26BrNO2/c1-14(2)18-13-17(22)9-10-19(18)23-21(24)7-5-6-16-8-11-20(25-4)15(3)12-16/h8-14H,5-7H2,1-4H3,(H,23,24). The van der Waals surface area contributed by atoms with Gasteiger partial charge >= 0.3 is 0 Å². The molecule has 0 aromatic heterocycles. The van der Waals surface area contributed by atoms with Crippen molar-refractivity contribution in [1.29, 1.82) is 0 Å². The molecule has 2 aromatic rings. The molecule has 2 rings (SSSR count). The molecule has 3 nitrogen and oxygen atoms in total. The maximum absolute atomic E-state index is 12.3. The summed E-state index contributed by atoms with van der Waals surface area (Å²) in [7, 11) is 1.68. The Hall–Kier alpha value is -1.81. The molecule has 134 valence electrons. The molecule has 2 aromatic carbocycles. The van der Waals surface area contributed by atoms with E-state index >= 15 is 0 Å². The Kier molecular flexibility index (Phi) is 7.06. The first-order valence-electron chi connectivity index (χ1n) is 8.63. The fraction of sp³-hybridized carbons (Fsp3) is 0.381. The summed E-state index contributed by atoms with van der Waals surface area (Å²) in [6.45, 7) is 6.29. The second kappa shape index (κ2) is 9.04. The van der Waals surface area contributed by atoms with E-state index in [1.165, 1.54) is 5.56 Å². The smallest absolute Gasteiger partial charge is 0.224 e. The van der Waals surface area contributed by atoms with Gasteiger partial charge in [0, 0.05) is 16.6 Å². The summed E-state index contributed by atoms with van der Waals surface area (Å²) < 4.78 is 6.31. The van der Waals surface area contributed by atoms with Gasteiger partial charge in [-0.3, -0.25) is 4.79 Å². The van der Waals surface area contributed by atoms with E-state index in [0.29, 0.717) is 12.3 Å². The molecule has 0 radical (unpaired) electrons. The summed E-state index contributed by atoms with van der Waals surface area (Å²) >= 11 is 3.49. The number of rotatable bonds is 7. The summed E-state index contributed by atoms with van der Waals surface area (Å²) in [6, 6.07) is 12.2. The summed E-state index contributed by atoms with van der Waals surface area (Å²) in [5.41, 5.74) is 4.41. The second-order valence-electron chi connectivity index (χ2n) is 6.59. The monoisotopic (exact) mass is 403 g/mol. The highest BCUT2D eigenvalue weighted by Crippen LogP contribution is 2.28. The highest BCUT2D eigenvalue weighted by molar-refractivity contribution is 9.10. The lowest BCUT2D eigenvalue weighted by atomic mass is 10.0. The molecule has 0 heterocycles. The molecule has 0 aliphatic heterocycles. The predicted octanol–water partition coefficient (Wildman–Crippen LogP) is 5.85. The van der Waals surface area contributed by atoms with E-state index in [9.17, 15) is 4.79 Å². The Labute approximate surface area is 158 Å². The van der Waals surface area contributed by atoms with Gasteiger partial charge in [0.15, 0.2) is 0 Å². The lowest BCUT2D eigenvalue weighted by molar-refractivity contribution is -0.116. The minimum absolute atomic E-state index is 0.0643. The van der Waals surface area contributed by atoms with Crippen molar-refractivity contribution in [1.82, 2.24) is 0 Å². The van der Waals surface area contributed by atoms with Crippen LogP contribution in [0.15, 0.2) is 40.9 Å². The molecule has 1 amide bonds. The van der Waals surface area contributed by atoms with E-state index in [1.807, 2.05) is 25.1 Å². The molecule has 0 atom stereocenters. The molecule has 0 aliphatic rings. The van der Waals surface area contributed by atoms with E-state index in [2.05, 4.69) is 53.3 Å². The van der Waals surface area contributed by atoms with E-state index in [0.717, 1.165) is 39.9 Å². The van der Waals surface area contributed by atoms with Crippen molar-refractivity contribution in [2.24, 2.45) is 0 Å². The van der Waals surface area contributed by atoms with Gasteiger partial charge in [0.2, 0.25) is 5.91 Å². The minimum Gasteiger partial charge on any atom is -0.496 e. The van der Waals surface area contributed by atoms with Crippen molar-refractivity contribution in [2.75, 3.05) is 12.4 Å². The van der Waals surface area contributed by atoms with Gasteiger partial charge < -0.3 is 10.1 Å². The highest BCUT2D eigenvalue weighted by atomic mass is 79.9. The molecule has 1 N–H and O–H groups in total. The Balaban J connectivity index is 1.90.